The molecule has 1 aliphatic rings. The first kappa shape index (κ1) is 16.3. The second kappa shape index (κ2) is 6.36. The van der Waals surface area contributed by atoms with Crippen molar-refractivity contribution >= 4 is 27.5 Å². The number of halogens is 3. The minimum absolute atomic E-state index is 0.209. The smallest absolute Gasteiger partial charge is 0.142 e. The van der Waals surface area contributed by atoms with Crippen molar-refractivity contribution in [3.05, 3.63) is 34.6 Å². The second-order valence-corrected chi connectivity index (χ2v) is 8.69. The lowest BCUT2D eigenvalue weighted by Crippen LogP contribution is -2.33. The largest absolute Gasteiger partial charge is 0.205 e. The highest BCUT2D eigenvalue weighted by atomic mass is 79.9. The fourth-order valence-electron chi connectivity index (χ4n) is 3.19. The van der Waals surface area contributed by atoms with E-state index in [0.29, 0.717) is 16.2 Å². The molecule has 0 heterocycles. The SMILES string of the molecule is CC(C)(C)C1CCC(Br)C(Cc2ccc(Cl)c(F)c2)C1. The predicted molar refractivity (Wildman–Crippen MR) is 88.1 cm³/mol. The van der Waals surface area contributed by atoms with E-state index in [2.05, 4.69) is 36.7 Å². The molecule has 20 heavy (non-hydrogen) atoms. The topological polar surface area (TPSA) is 0 Å². The van der Waals surface area contributed by atoms with Gasteiger partial charge in [-0.1, -0.05) is 54.4 Å². The highest BCUT2D eigenvalue weighted by molar-refractivity contribution is 9.09. The summed E-state index contributed by atoms with van der Waals surface area (Å²) in [5.41, 5.74) is 1.41. The van der Waals surface area contributed by atoms with Gasteiger partial charge in [-0.15, -0.1) is 0 Å². The van der Waals surface area contributed by atoms with Crippen molar-refractivity contribution in [3.63, 3.8) is 0 Å². The van der Waals surface area contributed by atoms with Crippen molar-refractivity contribution in [1.82, 2.24) is 0 Å². The summed E-state index contributed by atoms with van der Waals surface area (Å²) in [6.45, 7) is 6.97. The molecule has 1 saturated carbocycles. The Balaban J connectivity index is 2.08. The number of rotatable bonds is 2. The molecule has 1 fully saturated rings. The summed E-state index contributed by atoms with van der Waals surface area (Å²) < 4.78 is 13.6. The van der Waals surface area contributed by atoms with E-state index in [-0.39, 0.29) is 10.8 Å². The van der Waals surface area contributed by atoms with Crippen LogP contribution in [0.3, 0.4) is 0 Å². The van der Waals surface area contributed by atoms with Crippen LogP contribution >= 0.6 is 27.5 Å². The molecule has 1 aromatic rings. The quantitative estimate of drug-likeness (QED) is 0.546. The van der Waals surface area contributed by atoms with Crippen LogP contribution in [0.15, 0.2) is 18.2 Å². The van der Waals surface area contributed by atoms with Crippen LogP contribution in [-0.4, -0.2) is 4.83 Å². The summed E-state index contributed by atoms with van der Waals surface area (Å²) in [4.78, 5) is 0.542. The van der Waals surface area contributed by atoms with Gasteiger partial charge in [0.1, 0.15) is 5.82 Å². The lowest BCUT2D eigenvalue weighted by molar-refractivity contribution is 0.146. The minimum Gasteiger partial charge on any atom is -0.205 e. The van der Waals surface area contributed by atoms with Crippen molar-refractivity contribution in [2.24, 2.45) is 17.3 Å². The molecule has 2 rings (SSSR count). The van der Waals surface area contributed by atoms with Crippen molar-refractivity contribution < 1.29 is 4.39 Å². The normalized spacial score (nSPS) is 27.6. The molecule has 0 spiro atoms. The van der Waals surface area contributed by atoms with Gasteiger partial charge in [-0.25, -0.2) is 4.39 Å². The zero-order valence-electron chi connectivity index (χ0n) is 12.4. The first-order chi connectivity index (χ1) is 9.27. The summed E-state index contributed by atoms with van der Waals surface area (Å²) >= 11 is 9.57. The molecular weight excluding hydrogens is 339 g/mol. The molecule has 3 unspecified atom stereocenters. The monoisotopic (exact) mass is 360 g/mol. The van der Waals surface area contributed by atoms with Gasteiger partial charge in [0.25, 0.3) is 0 Å². The molecule has 0 radical (unpaired) electrons. The fourth-order valence-corrected chi connectivity index (χ4v) is 3.98. The first-order valence-corrected chi connectivity index (χ1v) is 8.64. The molecule has 0 aromatic heterocycles. The minimum atomic E-state index is -0.307. The van der Waals surface area contributed by atoms with Crippen molar-refractivity contribution in [2.75, 3.05) is 0 Å². The van der Waals surface area contributed by atoms with E-state index >= 15 is 0 Å². The summed E-state index contributed by atoms with van der Waals surface area (Å²) in [6, 6.07) is 5.20. The van der Waals surface area contributed by atoms with Gasteiger partial charge in [0.2, 0.25) is 0 Å². The Labute approximate surface area is 135 Å². The van der Waals surface area contributed by atoms with Gasteiger partial charge in [0.15, 0.2) is 0 Å². The van der Waals surface area contributed by atoms with E-state index in [1.807, 2.05) is 6.07 Å². The third-order valence-corrected chi connectivity index (χ3v) is 6.11. The third kappa shape index (κ3) is 3.98. The van der Waals surface area contributed by atoms with E-state index in [0.717, 1.165) is 17.9 Å². The van der Waals surface area contributed by atoms with Crippen molar-refractivity contribution in [1.29, 1.82) is 0 Å². The predicted octanol–water partition coefficient (Wildman–Crippen LogP) is 6.25. The van der Waals surface area contributed by atoms with E-state index < -0.39 is 0 Å². The van der Waals surface area contributed by atoms with Crippen LogP contribution in [0.5, 0.6) is 0 Å². The maximum absolute atomic E-state index is 13.6. The number of alkyl halides is 1. The average Bonchev–Trinajstić information content (AvgIpc) is 2.35. The molecular formula is C17H23BrClF. The molecule has 0 amide bonds. The number of hydrogen-bond donors (Lipinski definition) is 0. The van der Waals surface area contributed by atoms with Gasteiger partial charge in [-0.3, -0.25) is 0 Å². The van der Waals surface area contributed by atoms with Gasteiger partial charge < -0.3 is 0 Å². The summed E-state index contributed by atoms with van der Waals surface area (Å²) in [7, 11) is 0. The molecule has 1 aliphatic carbocycles. The molecule has 0 N–H and O–H groups in total. The molecule has 0 saturated heterocycles. The van der Waals surface area contributed by atoms with Gasteiger partial charge in [-0.05, 0) is 60.6 Å². The van der Waals surface area contributed by atoms with Gasteiger partial charge in [-0.2, -0.15) is 0 Å². The lowest BCUT2D eigenvalue weighted by atomic mass is 9.68. The van der Waals surface area contributed by atoms with Crippen LogP contribution in [0, 0.1) is 23.1 Å². The van der Waals surface area contributed by atoms with Gasteiger partial charge in [0, 0.05) is 4.83 Å². The molecule has 0 aliphatic heterocycles. The highest BCUT2D eigenvalue weighted by Gasteiger charge is 2.34. The fraction of sp³-hybridized carbons (Fsp3) is 0.647. The molecule has 112 valence electrons. The second-order valence-electron chi connectivity index (χ2n) is 7.10. The average molecular weight is 362 g/mol. The summed E-state index contributed by atoms with van der Waals surface area (Å²) in [5.74, 6) is 1.02. The van der Waals surface area contributed by atoms with E-state index in [1.54, 1.807) is 12.1 Å². The molecule has 3 atom stereocenters. The van der Waals surface area contributed by atoms with Crippen LogP contribution in [0.25, 0.3) is 0 Å². The van der Waals surface area contributed by atoms with Crippen LogP contribution in [-0.2, 0) is 6.42 Å². The van der Waals surface area contributed by atoms with Crippen molar-refractivity contribution in [3.8, 4) is 0 Å². The van der Waals surface area contributed by atoms with E-state index in [1.165, 1.54) is 19.3 Å². The van der Waals surface area contributed by atoms with Crippen LogP contribution < -0.4 is 0 Å². The Kier molecular flexibility index (Phi) is 5.18. The molecule has 0 nitrogen and oxygen atoms in total. The number of benzene rings is 1. The van der Waals surface area contributed by atoms with Crippen LogP contribution in [0.2, 0.25) is 5.02 Å². The zero-order chi connectivity index (χ0) is 14.9. The van der Waals surface area contributed by atoms with Crippen LogP contribution in [0.4, 0.5) is 4.39 Å². The maximum atomic E-state index is 13.6. The van der Waals surface area contributed by atoms with E-state index in [4.69, 9.17) is 11.6 Å². The Hall–Kier alpha value is -0.0800. The van der Waals surface area contributed by atoms with Crippen LogP contribution in [0.1, 0.15) is 45.6 Å². The highest BCUT2D eigenvalue weighted by Crippen LogP contribution is 2.43. The lowest BCUT2D eigenvalue weighted by Gasteiger charge is -2.40. The Morgan fingerprint density at radius 3 is 2.60 bits per heavy atom. The first-order valence-electron chi connectivity index (χ1n) is 7.35. The Morgan fingerprint density at radius 2 is 2.00 bits per heavy atom. The zero-order valence-corrected chi connectivity index (χ0v) is 14.8. The molecule has 3 heteroatoms. The van der Waals surface area contributed by atoms with Crippen molar-refractivity contribution in [2.45, 2.75) is 51.3 Å². The van der Waals surface area contributed by atoms with E-state index in [9.17, 15) is 4.39 Å². The third-order valence-electron chi connectivity index (χ3n) is 4.60. The van der Waals surface area contributed by atoms with Gasteiger partial charge in [0.05, 0.1) is 5.02 Å². The maximum Gasteiger partial charge on any atom is 0.142 e. The Bertz CT molecular complexity index is 467. The summed E-state index contributed by atoms with van der Waals surface area (Å²) in [6.07, 6.45) is 4.63. The van der Waals surface area contributed by atoms with Gasteiger partial charge >= 0.3 is 0 Å². The Morgan fingerprint density at radius 1 is 1.30 bits per heavy atom. The summed E-state index contributed by atoms with van der Waals surface area (Å²) in [5, 5.41) is 0.209. The standard InChI is InChI=1S/C17H23BrClF/c1-17(2,3)13-5-6-14(18)12(10-13)8-11-4-7-15(19)16(20)9-11/h4,7,9,12-14H,5-6,8,10H2,1-3H3. The molecule has 1 aromatic carbocycles. The molecule has 0 bridgehead atoms. The number of hydrogen-bond acceptors (Lipinski definition) is 0.